The van der Waals surface area contributed by atoms with Gasteiger partial charge in [-0.2, -0.15) is 0 Å². The third kappa shape index (κ3) is 3.87. The Bertz CT molecular complexity index is 469. The van der Waals surface area contributed by atoms with Crippen molar-refractivity contribution in [3.63, 3.8) is 0 Å². The van der Waals surface area contributed by atoms with E-state index in [1.165, 1.54) is 7.11 Å². The molecular formula is C15H23NO4. The molecule has 0 saturated heterocycles. The third-order valence-corrected chi connectivity index (χ3v) is 3.04. The average molecular weight is 281 g/mol. The summed E-state index contributed by atoms with van der Waals surface area (Å²) in [6, 6.07) is 5.44. The summed E-state index contributed by atoms with van der Waals surface area (Å²) < 4.78 is 15.7. The lowest BCUT2D eigenvalue weighted by Gasteiger charge is -2.22. The van der Waals surface area contributed by atoms with E-state index in [1.54, 1.807) is 27.0 Å². The minimum Gasteiger partial charge on any atom is -0.493 e. The summed E-state index contributed by atoms with van der Waals surface area (Å²) in [6.45, 7) is 5.63. The number of rotatable bonds is 6. The van der Waals surface area contributed by atoms with E-state index in [-0.39, 0.29) is 18.6 Å². The second-order valence-electron chi connectivity index (χ2n) is 5.36. The van der Waals surface area contributed by atoms with Crippen molar-refractivity contribution in [1.82, 2.24) is 0 Å². The molecule has 0 aromatic heterocycles. The second-order valence-corrected chi connectivity index (χ2v) is 5.36. The second kappa shape index (κ2) is 6.61. The molecule has 0 aliphatic heterocycles. The molecule has 0 bridgehead atoms. The largest absolute Gasteiger partial charge is 0.493 e. The zero-order valence-electron chi connectivity index (χ0n) is 12.7. The first-order valence-corrected chi connectivity index (χ1v) is 6.46. The molecule has 0 aliphatic rings. The van der Waals surface area contributed by atoms with Gasteiger partial charge >= 0.3 is 5.97 Å². The molecule has 0 radical (unpaired) electrons. The lowest BCUT2D eigenvalue weighted by Crippen LogP contribution is -2.32. The maximum atomic E-state index is 11.6. The molecule has 1 rings (SSSR count). The first kappa shape index (κ1) is 16.3. The smallest absolute Gasteiger partial charge is 0.314 e. The normalized spacial score (nSPS) is 12.7. The maximum Gasteiger partial charge on any atom is 0.314 e. The standard InChI is InChI=1S/C15H23NO4/c1-10(16)11-6-7-12(13(8-11)18-4)20-9-15(2,3)14(17)19-5/h6-8,10H,9,16H2,1-5H3/t10-/m1/s1. The van der Waals surface area contributed by atoms with Crippen LogP contribution in [0.5, 0.6) is 11.5 Å². The fourth-order valence-electron chi connectivity index (χ4n) is 1.68. The summed E-state index contributed by atoms with van der Waals surface area (Å²) in [5, 5.41) is 0. The number of hydrogen-bond donors (Lipinski definition) is 1. The lowest BCUT2D eigenvalue weighted by molar-refractivity contribution is -0.152. The zero-order valence-corrected chi connectivity index (χ0v) is 12.7. The molecule has 0 amide bonds. The van der Waals surface area contributed by atoms with E-state index >= 15 is 0 Å². The Kier molecular flexibility index (Phi) is 5.39. The van der Waals surface area contributed by atoms with Crippen LogP contribution in [0.15, 0.2) is 18.2 Å². The molecule has 20 heavy (non-hydrogen) atoms. The first-order valence-electron chi connectivity index (χ1n) is 6.46. The molecular weight excluding hydrogens is 258 g/mol. The van der Waals surface area contributed by atoms with Gasteiger partial charge in [0.2, 0.25) is 0 Å². The van der Waals surface area contributed by atoms with Gasteiger partial charge in [0.1, 0.15) is 6.61 Å². The van der Waals surface area contributed by atoms with Crippen LogP contribution in [-0.2, 0) is 9.53 Å². The summed E-state index contributed by atoms with van der Waals surface area (Å²) in [5.74, 6) is 0.859. The van der Waals surface area contributed by atoms with Crippen LogP contribution < -0.4 is 15.2 Å². The molecule has 112 valence electrons. The predicted molar refractivity (Wildman–Crippen MR) is 76.9 cm³/mol. The fraction of sp³-hybridized carbons (Fsp3) is 0.533. The third-order valence-electron chi connectivity index (χ3n) is 3.04. The highest BCUT2D eigenvalue weighted by atomic mass is 16.5. The Hall–Kier alpha value is -1.75. The van der Waals surface area contributed by atoms with Crippen molar-refractivity contribution in [2.45, 2.75) is 26.8 Å². The van der Waals surface area contributed by atoms with Crippen LogP contribution in [0, 0.1) is 5.41 Å². The summed E-state index contributed by atoms with van der Waals surface area (Å²) in [4.78, 5) is 11.6. The Balaban J connectivity index is 2.85. The molecule has 0 spiro atoms. The number of hydrogen-bond acceptors (Lipinski definition) is 5. The van der Waals surface area contributed by atoms with Crippen molar-refractivity contribution in [3.05, 3.63) is 23.8 Å². The van der Waals surface area contributed by atoms with E-state index < -0.39 is 5.41 Å². The van der Waals surface area contributed by atoms with Gasteiger partial charge in [-0.1, -0.05) is 6.07 Å². The monoisotopic (exact) mass is 281 g/mol. The molecule has 1 aromatic carbocycles. The van der Waals surface area contributed by atoms with Crippen molar-refractivity contribution >= 4 is 5.97 Å². The highest BCUT2D eigenvalue weighted by molar-refractivity contribution is 5.75. The topological polar surface area (TPSA) is 70.8 Å². The SMILES string of the molecule is COC(=O)C(C)(C)COc1ccc([C@@H](C)N)cc1OC. The van der Waals surface area contributed by atoms with Crippen molar-refractivity contribution < 1.29 is 19.0 Å². The van der Waals surface area contributed by atoms with Crippen LogP contribution >= 0.6 is 0 Å². The molecule has 1 aromatic rings. The van der Waals surface area contributed by atoms with E-state index in [2.05, 4.69) is 0 Å². The van der Waals surface area contributed by atoms with Crippen LogP contribution in [0.3, 0.4) is 0 Å². The quantitative estimate of drug-likeness (QED) is 0.810. The van der Waals surface area contributed by atoms with E-state index in [4.69, 9.17) is 19.9 Å². The molecule has 0 fully saturated rings. The van der Waals surface area contributed by atoms with E-state index in [1.807, 2.05) is 19.1 Å². The highest BCUT2D eigenvalue weighted by Gasteiger charge is 2.30. The van der Waals surface area contributed by atoms with Gasteiger partial charge in [0.15, 0.2) is 11.5 Å². The number of carbonyl (C=O) groups is 1. The van der Waals surface area contributed by atoms with Crippen LogP contribution in [-0.4, -0.2) is 26.8 Å². The summed E-state index contributed by atoms with van der Waals surface area (Å²) in [7, 11) is 2.93. The Morgan fingerprint density at radius 2 is 1.95 bits per heavy atom. The van der Waals surface area contributed by atoms with Gasteiger partial charge in [-0.3, -0.25) is 4.79 Å². The number of benzene rings is 1. The Labute approximate surface area is 120 Å². The average Bonchev–Trinajstić information content (AvgIpc) is 2.43. The van der Waals surface area contributed by atoms with E-state index in [0.717, 1.165) is 5.56 Å². The number of ether oxygens (including phenoxy) is 3. The molecule has 2 N–H and O–H groups in total. The van der Waals surface area contributed by atoms with Crippen LogP contribution in [0.25, 0.3) is 0 Å². The lowest BCUT2D eigenvalue weighted by atomic mass is 9.95. The minimum absolute atomic E-state index is 0.0792. The van der Waals surface area contributed by atoms with Gasteiger partial charge in [-0.05, 0) is 38.5 Å². The molecule has 0 saturated carbocycles. The highest BCUT2D eigenvalue weighted by Crippen LogP contribution is 2.31. The van der Waals surface area contributed by atoms with Crippen molar-refractivity contribution in [1.29, 1.82) is 0 Å². The summed E-state index contributed by atoms with van der Waals surface area (Å²) >= 11 is 0. The van der Waals surface area contributed by atoms with Crippen LogP contribution in [0.4, 0.5) is 0 Å². The van der Waals surface area contributed by atoms with E-state index in [0.29, 0.717) is 11.5 Å². The predicted octanol–water partition coefficient (Wildman–Crippen LogP) is 2.29. The molecule has 1 atom stereocenters. The van der Waals surface area contributed by atoms with Gasteiger partial charge in [-0.15, -0.1) is 0 Å². The van der Waals surface area contributed by atoms with Crippen LogP contribution in [0.1, 0.15) is 32.4 Å². The summed E-state index contributed by atoms with van der Waals surface area (Å²) in [6.07, 6.45) is 0. The van der Waals surface area contributed by atoms with Crippen LogP contribution in [0.2, 0.25) is 0 Å². The Morgan fingerprint density at radius 1 is 1.30 bits per heavy atom. The molecule has 0 aliphatic carbocycles. The number of carbonyl (C=O) groups excluding carboxylic acids is 1. The first-order chi connectivity index (χ1) is 9.31. The molecule has 5 nitrogen and oxygen atoms in total. The Morgan fingerprint density at radius 3 is 2.45 bits per heavy atom. The minimum atomic E-state index is -0.723. The number of methoxy groups -OCH3 is 2. The molecule has 0 unspecified atom stereocenters. The van der Waals surface area contributed by atoms with Crippen molar-refractivity contribution in [2.75, 3.05) is 20.8 Å². The van der Waals surface area contributed by atoms with E-state index in [9.17, 15) is 4.79 Å². The molecule has 5 heteroatoms. The number of nitrogens with two attached hydrogens (primary N) is 1. The van der Waals surface area contributed by atoms with Gasteiger partial charge in [-0.25, -0.2) is 0 Å². The van der Waals surface area contributed by atoms with Gasteiger partial charge < -0.3 is 19.9 Å². The van der Waals surface area contributed by atoms with Crippen molar-refractivity contribution in [2.24, 2.45) is 11.1 Å². The number of esters is 1. The van der Waals surface area contributed by atoms with Gasteiger partial charge in [0.25, 0.3) is 0 Å². The zero-order chi connectivity index (χ0) is 15.3. The molecule has 0 heterocycles. The van der Waals surface area contributed by atoms with Crippen molar-refractivity contribution in [3.8, 4) is 11.5 Å². The van der Waals surface area contributed by atoms with Gasteiger partial charge in [0.05, 0.1) is 19.6 Å². The maximum absolute atomic E-state index is 11.6. The fourth-order valence-corrected chi connectivity index (χ4v) is 1.68. The van der Waals surface area contributed by atoms with Gasteiger partial charge in [0, 0.05) is 6.04 Å². The summed E-state index contributed by atoms with van der Waals surface area (Å²) in [5.41, 5.74) is 6.07.